The van der Waals surface area contributed by atoms with Crippen LogP contribution in [0.15, 0.2) is 18.2 Å². The van der Waals surface area contributed by atoms with Gasteiger partial charge < -0.3 is 4.74 Å². The molecule has 1 aromatic rings. The van der Waals surface area contributed by atoms with E-state index in [-0.39, 0.29) is 11.7 Å². The Hall–Kier alpha value is -1.38. The van der Waals surface area contributed by atoms with Gasteiger partial charge in [0.1, 0.15) is 11.9 Å². The van der Waals surface area contributed by atoms with Crippen LogP contribution < -0.4 is 0 Å². The van der Waals surface area contributed by atoms with E-state index in [4.69, 9.17) is 4.74 Å². The van der Waals surface area contributed by atoms with E-state index >= 15 is 0 Å². The van der Waals surface area contributed by atoms with Crippen LogP contribution in [-0.2, 0) is 4.74 Å². The zero-order valence-corrected chi connectivity index (χ0v) is 11.6. The van der Waals surface area contributed by atoms with Crippen molar-refractivity contribution < 1.29 is 13.9 Å². The first kappa shape index (κ1) is 14.0. The van der Waals surface area contributed by atoms with Crippen LogP contribution in [0, 0.1) is 18.7 Å². The number of rotatable bonds is 3. The highest BCUT2D eigenvalue weighted by molar-refractivity contribution is 5.89. The van der Waals surface area contributed by atoms with Crippen molar-refractivity contribution in [1.29, 1.82) is 0 Å². The third-order valence-corrected chi connectivity index (χ3v) is 3.93. The van der Waals surface area contributed by atoms with E-state index in [0.717, 1.165) is 31.2 Å². The first-order valence-electron chi connectivity index (χ1n) is 7.07. The lowest BCUT2D eigenvalue weighted by molar-refractivity contribution is 0.0135. The second-order valence-electron chi connectivity index (χ2n) is 5.45. The fraction of sp³-hybridized carbons (Fsp3) is 0.562. The van der Waals surface area contributed by atoms with Crippen molar-refractivity contribution in [3.8, 4) is 0 Å². The van der Waals surface area contributed by atoms with Crippen molar-refractivity contribution >= 4 is 5.97 Å². The molecule has 0 N–H and O–H groups in total. The van der Waals surface area contributed by atoms with Crippen molar-refractivity contribution in [3.05, 3.63) is 35.1 Å². The van der Waals surface area contributed by atoms with Crippen LogP contribution in [0.5, 0.6) is 0 Å². The normalized spacial score (nSPS) is 23.1. The molecule has 1 aliphatic carbocycles. The summed E-state index contributed by atoms with van der Waals surface area (Å²) in [7, 11) is 0. The number of esters is 1. The third kappa shape index (κ3) is 3.55. The standard InChI is InChI=1S/C16H21FO2/c1-3-12-5-4-6-13(10-12)19-16(18)14-8-7-11(2)9-15(14)17/h7-9,12-13H,3-6,10H2,1-2H3. The molecule has 19 heavy (non-hydrogen) atoms. The smallest absolute Gasteiger partial charge is 0.341 e. The molecule has 0 aromatic heterocycles. The Kier molecular flexibility index (Phi) is 4.56. The Balaban J connectivity index is 2.00. The van der Waals surface area contributed by atoms with Crippen molar-refractivity contribution in [1.82, 2.24) is 0 Å². The Bertz CT molecular complexity index is 456. The summed E-state index contributed by atoms with van der Waals surface area (Å²) in [4.78, 5) is 12.0. The van der Waals surface area contributed by atoms with E-state index in [2.05, 4.69) is 6.92 Å². The van der Waals surface area contributed by atoms with E-state index in [1.165, 1.54) is 18.6 Å². The Labute approximate surface area is 114 Å². The molecule has 1 aromatic carbocycles. The van der Waals surface area contributed by atoms with Gasteiger partial charge in [0.15, 0.2) is 0 Å². The minimum absolute atomic E-state index is 0.0456. The Morgan fingerprint density at radius 1 is 1.42 bits per heavy atom. The van der Waals surface area contributed by atoms with Gasteiger partial charge in [-0.3, -0.25) is 0 Å². The molecule has 0 radical (unpaired) electrons. The quantitative estimate of drug-likeness (QED) is 0.762. The lowest BCUT2D eigenvalue weighted by Crippen LogP contribution is -2.25. The average Bonchev–Trinajstić information content (AvgIpc) is 2.38. The summed E-state index contributed by atoms with van der Waals surface area (Å²) in [6.45, 7) is 3.96. The van der Waals surface area contributed by atoms with Gasteiger partial charge in [-0.05, 0) is 49.8 Å². The van der Waals surface area contributed by atoms with E-state index in [1.807, 2.05) is 0 Å². The van der Waals surface area contributed by atoms with Gasteiger partial charge in [0.25, 0.3) is 0 Å². The van der Waals surface area contributed by atoms with Crippen molar-refractivity contribution in [2.75, 3.05) is 0 Å². The molecule has 2 atom stereocenters. The first-order chi connectivity index (χ1) is 9.10. The van der Waals surface area contributed by atoms with E-state index in [9.17, 15) is 9.18 Å². The van der Waals surface area contributed by atoms with Crippen LogP contribution >= 0.6 is 0 Å². The summed E-state index contributed by atoms with van der Waals surface area (Å²) >= 11 is 0. The fourth-order valence-corrected chi connectivity index (χ4v) is 2.72. The molecular weight excluding hydrogens is 243 g/mol. The highest BCUT2D eigenvalue weighted by Crippen LogP contribution is 2.29. The summed E-state index contributed by atoms with van der Waals surface area (Å²) in [6, 6.07) is 4.61. The second-order valence-corrected chi connectivity index (χ2v) is 5.45. The van der Waals surface area contributed by atoms with Gasteiger partial charge in [-0.1, -0.05) is 25.8 Å². The molecule has 0 spiro atoms. The van der Waals surface area contributed by atoms with Crippen molar-refractivity contribution in [2.45, 2.75) is 52.1 Å². The predicted octanol–water partition coefficient (Wildman–Crippen LogP) is 4.26. The summed E-state index contributed by atoms with van der Waals surface area (Å²) < 4.78 is 19.1. The number of ether oxygens (including phenoxy) is 1. The zero-order valence-electron chi connectivity index (χ0n) is 11.6. The van der Waals surface area contributed by atoms with Gasteiger partial charge >= 0.3 is 5.97 Å². The molecule has 0 heterocycles. The lowest BCUT2D eigenvalue weighted by atomic mass is 9.85. The summed E-state index contributed by atoms with van der Waals surface area (Å²) in [5, 5.41) is 0. The van der Waals surface area contributed by atoms with Crippen LogP contribution in [0.2, 0.25) is 0 Å². The number of carbonyl (C=O) groups is 1. The number of halogens is 1. The molecule has 1 aliphatic rings. The number of benzene rings is 1. The third-order valence-electron chi connectivity index (χ3n) is 3.93. The minimum atomic E-state index is -0.528. The largest absolute Gasteiger partial charge is 0.459 e. The van der Waals surface area contributed by atoms with Crippen molar-refractivity contribution in [2.24, 2.45) is 5.92 Å². The van der Waals surface area contributed by atoms with Crippen LogP contribution in [0.25, 0.3) is 0 Å². The van der Waals surface area contributed by atoms with Crippen LogP contribution in [0.3, 0.4) is 0 Å². The number of hydrogen-bond acceptors (Lipinski definition) is 2. The van der Waals surface area contributed by atoms with Crippen LogP contribution in [-0.4, -0.2) is 12.1 Å². The number of aryl methyl sites for hydroxylation is 1. The SMILES string of the molecule is CCC1CCCC(OC(=O)c2ccc(C)cc2F)C1. The monoisotopic (exact) mass is 264 g/mol. The van der Waals surface area contributed by atoms with E-state index in [0.29, 0.717) is 5.92 Å². The van der Waals surface area contributed by atoms with Gasteiger partial charge in [0.2, 0.25) is 0 Å². The molecule has 0 bridgehead atoms. The van der Waals surface area contributed by atoms with Crippen LogP contribution in [0.1, 0.15) is 54.9 Å². The maximum atomic E-state index is 13.7. The number of carbonyl (C=O) groups excluding carboxylic acids is 1. The van der Waals surface area contributed by atoms with Gasteiger partial charge in [-0.15, -0.1) is 0 Å². The zero-order chi connectivity index (χ0) is 13.8. The molecule has 0 aliphatic heterocycles. The molecule has 3 heteroatoms. The fourth-order valence-electron chi connectivity index (χ4n) is 2.72. The molecule has 1 saturated carbocycles. The van der Waals surface area contributed by atoms with Gasteiger partial charge in [0, 0.05) is 0 Å². The minimum Gasteiger partial charge on any atom is -0.459 e. The molecule has 2 nitrogen and oxygen atoms in total. The molecular formula is C16H21FO2. The molecule has 0 saturated heterocycles. The first-order valence-corrected chi connectivity index (χ1v) is 7.07. The number of hydrogen-bond donors (Lipinski definition) is 0. The Morgan fingerprint density at radius 3 is 2.89 bits per heavy atom. The summed E-state index contributed by atoms with van der Waals surface area (Å²) in [5.74, 6) is -0.387. The maximum Gasteiger partial charge on any atom is 0.341 e. The van der Waals surface area contributed by atoms with Gasteiger partial charge in [-0.25, -0.2) is 9.18 Å². The van der Waals surface area contributed by atoms with Crippen molar-refractivity contribution in [3.63, 3.8) is 0 Å². The highest BCUT2D eigenvalue weighted by atomic mass is 19.1. The van der Waals surface area contributed by atoms with E-state index < -0.39 is 11.8 Å². The molecule has 1 fully saturated rings. The molecule has 2 unspecified atom stereocenters. The topological polar surface area (TPSA) is 26.3 Å². The molecule has 104 valence electrons. The van der Waals surface area contributed by atoms with Gasteiger partial charge in [0.05, 0.1) is 5.56 Å². The molecule has 2 rings (SSSR count). The predicted molar refractivity (Wildman–Crippen MR) is 72.6 cm³/mol. The lowest BCUT2D eigenvalue weighted by Gasteiger charge is -2.28. The average molecular weight is 264 g/mol. The molecule has 0 amide bonds. The Morgan fingerprint density at radius 2 is 2.21 bits per heavy atom. The highest BCUT2D eigenvalue weighted by Gasteiger charge is 2.25. The summed E-state index contributed by atoms with van der Waals surface area (Å²) in [5.41, 5.74) is 0.849. The second kappa shape index (κ2) is 6.18. The maximum absolute atomic E-state index is 13.7. The summed E-state index contributed by atoms with van der Waals surface area (Å²) in [6.07, 6.45) is 5.18. The van der Waals surface area contributed by atoms with E-state index in [1.54, 1.807) is 13.0 Å². The van der Waals surface area contributed by atoms with Crippen LogP contribution in [0.4, 0.5) is 4.39 Å². The van der Waals surface area contributed by atoms with Gasteiger partial charge in [-0.2, -0.15) is 0 Å².